The first-order chi connectivity index (χ1) is 9.99. The Morgan fingerprint density at radius 1 is 1.62 bits per heavy atom. The number of rotatable bonds is 4. The Balaban J connectivity index is 2.07. The van der Waals surface area contributed by atoms with Gasteiger partial charge in [-0.15, -0.1) is 11.3 Å². The first kappa shape index (κ1) is 15.2. The molecular weight excluding hydrogens is 296 g/mol. The number of carboxylic acids is 1. The lowest BCUT2D eigenvalue weighted by atomic mass is 10.1. The first-order valence-corrected chi connectivity index (χ1v) is 7.31. The highest BCUT2D eigenvalue weighted by Gasteiger charge is 2.36. The number of piperazine rings is 1. The highest BCUT2D eigenvalue weighted by molar-refractivity contribution is 7.07. The topological polar surface area (TPSA) is 103 Å². The van der Waals surface area contributed by atoms with E-state index >= 15 is 0 Å². The van der Waals surface area contributed by atoms with Crippen LogP contribution in [0.15, 0.2) is 10.9 Å². The number of hydrogen-bond donors (Lipinski definition) is 2. The van der Waals surface area contributed by atoms with E-state index in [9.17, 15) is 14.4 Å². The zero-order valence-electron chi connectivity index (χ0n) is 11.5. The van der Waals surface area contributed by atoms with Gasteiger partial charge >= 0.3 is 12.0 Å². The lowest BCUT2D eigenvalue weighted by Gasteiger charge is -2.36. The van der Waals surface area contributed by atoms with Crippen molar-refractivity contribution in [1.82, 2.24) is 20.1 Å². The number of nitrogens with one attached hydrogen (secondary N) is 1. The first-order valence-electron chi connectivity index (χ1n) is 6.37. The van der Waals surface area contributed by atoms with Gasteiger partial charge in [0.05, 0.1) is 24.2 Å². The zero-order chi connectivity index (χ0) is 15.4. The van der Waals surface area contributed by atoms with Gasteiger partial charge in [-0.25, -0.2) is 9.78 Å². The minimum Gasteiger partial charge on any atom is -0.481 e. The van der Waals surface area contributed by atoms with E-state index < -0.39 is 24.3 Å². The Kier molecular flexibility index (Phi) is 4.73. The minimum atomic E-state index is -1.11. The van der Waals surface area contributed by atoms with Crippen LogP contribution in [0.1, 0.15) is 12.1 Å². The second kappa shape index (κ2) is 6.53. The molecule has 1 aromatic heterocycles. The van der Waals surface area contributed by atoms with Crippen LogP contribution in [0.2, 0.25) is 0 Å². The fourth-order valence-corrected chi connectivity index (χ4v) is 2.71. The number of nitrogens with zero attached hydrogens (tertiary/aromatic N) is 3. The van der Waals surface area contributed by atoms with Gasteiger partial charge in [0.2, 0.25) is 5.91 Å². The lowest BCUT2D eigenvalue weighted by Crippen LogP contribution is -2.60. The molecule has 1 aliphatic heterocycles. The minimum absolute atomic E-state index is 0.296. The second-order valence-corrected chi connectivity index (χ2v) is 5.44. The molecule has 8 nitrogen and oxygen atoms in total. The highest BCUT2D eigenvalue weighted by Crippen LogP contribution is 2.13. The Bertz CT molecular complexity index is 533. The van der Waals surface area contributed by atoms with Crippen LogP contribution in [-0.4, -0.2) is 64.0 Å². The lowest BCUT2D eigenvalue weighted by molar-refractivity contribution is -0.142. The summed E-state index contributed by atoms with van der Waals surface area (Å²) in [5.41, 5.74) is 2.43. The Morgan fingerprint density at radius 3 is 3.00 bits per heavy atom. The monoisotopic (exact) mass is 312 g/mol. The van der Waals surface area contributed by atoms with Gasteiger partial charge in [-0.2, -0.15) is 0 Å². The van der Waals surface area contributed by atoms with Crippen molar-refractivity contribution < 1.29 is 19.5 Å². The molecule has 114 valence electrons. The molecule has 2 rings (SSSR count). The van der Waals surface area contributed by atoms with Crippen LogP contribution in [0.25, 0.3) is 0 Å². The average molecular weight is 312 g/mol. The smallest absolute Gasteiger partial charge is 0.320 e. The van der Waals surface area contributed by atoms with Crippen LogP contribution < -0.4 is 5.32 Å². The van der Waals surface area contributed by atoms with E-state index in [1.165, 1.54) is 21.1 Å². The second-order valence-electron chi connectivity index (χ2n) is 4.72. The number of carbonyl (C=O) groups is 3. The maximum atomic E-state index is 12.4. The van der Waals surface area contributed by atoms with Crippen LogP contribution >= 0.6 is 11.3 Å². The van der Waals surface area contributed by atoms with E-state index in [4.69, 9.17) is 5.11 Å². The molecule has 3 amide bonds. The van der Waals surface area contributed by atoms with Gasteiger partial charge < -0.3 is 20.2 Å². The largest absolute Gasteiger partial charge is 0.481 e. The predicted octanol–water partition coefficient (Wildman–Crippen LogP) is -0.0300. The number of aliphatic carboxylic acids is 1. The molecule has 1 unspecified atom stereocenters. The van der Waals surface area contributed by atoms with Gasteiger partial charge in [0.1, 0.15) is 6.04 Å². The van der Waals surface area contributed by atoms with Crippen molar-refractivity contribution in [3.8, 4) is 0 Å². The molecule has 0 radical (unpaired) electrons. The third-order valence-electron chi connectivity index (χ3n) is 3.15. The van der Waals surface area contributed by atoms with Gasteiger partial charge in [-0.05, 0) is 0 Å². The molecule has 0 aliphatic carbocycles. The van der Waals surface area contributed by atoms with E-state index in [0.29, 0.717) is 19.6 Å². The third-order valence-corrected chi connectivity index (χ3v) is 3.79. The zero-order valence-corrected chi connectivity index (χ0v) is 12.3. The summed E-state index contributed by atoms with van der Waals surface area (Å²) in [7, 11) is 1.60. The third kappa shape index (κ3) is 3.69. The molecule has 0 bridgehead atoms. The highest BCUT2D eigenvalue weighted by atomic mass is 32.1. The fraction of sp³-hybridized carbons (Fsp3) is 0.500. The van der Waals surface area contributed by atoms with E-state index in [0.717, 1.165) is 5.69 Å². The average Bonchev–Trinajstić information content (AvgIpc) is 2.92. The summed E-state index contributed by atoms with van der Waals surface area (Å²) in [6.45, 7) is 0.940. The van der Waals surface area contributed by atoms with E-state index in [1.807, 2.05) is 5.38 Å². The fourth-order valence-electron chi connectivity index (χ4n) is 2.16. The quantitative estimate of drug-likeness (QED) is 0.813. The molecule has 2 N–H and O–H groups in total. The summed E-state index contributed by atoms with van der Waals surface area (Å²) in [6.07, 6.45) is -0.401. The number of hydrogen-bond acceptors (Lipinski definition) is 5. The molecule has 9 heteroatoms. The van der Waals surface area contributed by atoms with Crippen LogP contribution in [0, 0.1) is 0 Å². The van der Waals surface area contributed by atoms with Crippen molar-refractivity contribution in [2.45, 2.75) is 19.0 Å². The van der Waals surface area contributed by atoms with Crippen LogP contribution in [0.5, 0.6) is 0 Å². The Morgan fingerprint density at radius 2 is 2.38 bits per heavy atom. The molecule has 0 aromatic carbocycles. The van der Waals surface area contributed by atoms with Gasteiger partial charge in [0.25, 0.3) is 0 Å². The Labute approximate surface area is 125 Å². The van der Waals surface area contributed by atoms with E-state index in [-0.39, 0.29) is 6.03 Å². The molecule has 2 heterocycles. The number of aromatic nitrogens is 1. The SMILES string of the molecule is CN(Cc1cscn1)C(=O)N1CCNC(=O)C1CC(=O)O. The van der Waals surface area contributed by atoms with Crippen molar-refractivity contribution >= 4 is 29.2 Å². The molecule has 0 saturated carbocycles. The maximum Gasteiger partial charge on any atom is 0.320 e. The van der Waals surface area contributed by atoms with E-state index in [2.05, 4.69) is 10.3 Å². The molecule has 1 aromatic rings. The summed E-state index contributed by atoms with van der Waals surface area (Å²) in [6, 6.07) is -1.34. The number of carboxylic acid groups (broad SMARTS) is 1. The van der Waals surface area contributed by atoms with Crippen molar-refractivity contribution in [3.05, 3.63) is 16.6 Å². The standard InChI is InChI=1S/C12H16N4O4S/c1-15(5-8-6-21-7-14-8)12(20)16-3-2-13-11(19)9(16)4-10(17)18/h6-7,9H,2-5H2,1H3,(H,13,19)(H,17,18). The summed E-state index contributed by atoms with van der Waals surface area (Å²) < 4.78 is 0. The van der Waals surface area contributed by atoms with Crippen molar-refractivity contribution in [3.63, 3.8) is 0 Å². The molecule has 0 spiro atoms. The number of carbonyl (C=O) groups excluding carboxylic acids is 2. The van der Waals surface area contributed by atoms with Crippen LogP contribution in [0.4, 0.5) is 4.79 Å². The van der Waals surface area contributed by atoms with Gasteiger partial charge in [0, 0.05) is 25.5 Å². The predicted molar refractivity (Wildman–Crippen MR) is 74.7 cm³/mol. The summed E-state index contributed by atoms with van der Waals surface area (Å²) in [4.78, 5) is 41.9. The molecule has 1 aliphatic rings. The Hall–Kier alpha value is -2.16. The maximum absolute atomic E-state index is 12.4. The number of thiazole rings is 1. The normalized spacial score (nSPS) is 18.2. The molecule has 1 saturated heterocycles. The summed E-state index contributed by atoms with van der Waals surface area (Å²) in [5, 5.41) is 13.3. The van der Waals surface area contributed by atoms with Gasteiger partial charge in [-0.3, -0.25) is 9.59 Å². The molecule has 1 fully saturated rings. The van der Waals surface area contributed by atoms with Crippen LogP contribution in [0.3, 0.4) is 0 Å². The van der Waals surface area contributed by atoms with Crippen molar-refractivity contribution in [1.29, 1.82) is 0 Å². The molecular formula is C12H16N4O4S. The van der Waals surface area contributed by atoms with Crippen molar-refractivity contribution in [2.24, 2.45) is 0 Å². The van der Waals surface area contributed by atoms with E-state index in [1.54, 1.807) is 12.6 Å². The molecule has 1 atom stereocenters. The summed E-state index contributed by atoms with van der Waals surface area (Å²) in [5.74, 6) is -1.55. The molecule has 21 heavy (non-hydrogen) atoms. The van der Waals surface area contributed by atoms with Gasteiger partial charge in [-0.1, -0.05) is 0 Å². The van der Waals surface area contributed by atoms with Crippen molar-refractivity contribution in [2.75, 3.05) is 20.1 Å². The van der Waals surface area contributed by atoms with Crippen LogP contribution in [-0.2, 0) is 16.1 Å². The number of amides is 3. The summed E-state index contributed by atoms with van der Waals surface area (Å²) >= 11 is 1.43. The van der Waals surface area contributed by atoms with Gasteiger partial charge in [0.15, 0.2) is 0 Å². The number of urea groups is 1.